The molecule has 3 fully saturated rings. The molecule has 1 saturated carbocycles. The van der Waals surface area contributed by atoms with Crippen LogP contribution in [0.2, 0.25) is 0 Å². The zero-order valence-corrected chi connectivity index (χ0v) is 17.7. The van der Waals surface area contributed by atoms with Gasteiger partial charge in [0.05, 0.1) is 12.2 Å². The van der Waals surface area contributed by atoms with Crippen LogP contribution in [0.5, 0.6) is 0 Å². The second-order valence-electron chi connectivity index (χ2n) is 8.32. The summed E-state index contributed by atoms with van der Waals surface area (Å²) in [6.45, 7) is 0. The van der Waals surface area contributed by atoms with E-state index in [0.717, 1.165) is 35.7 Å². The van der Waals surface area contributed by atoms with Crippen molar-refractivity contribution in [1.82, 2.24) is 0 Å². The molecule has 4 atom stereocenters. The van der Waals surface area contributed by atoms with E-state index in [1.165, 1.54) is 69.3 Å². The molecular formula is C21H36O3S2. The first kappa shape index (κ1) is 20.9. The Morgan fingerprint density at radius 2 is 1.65 bits per heavy atom. The Bertz CT molecular complexity index is 423. The van der Waals surface area contributed by atoms with E-state index in [0.29, 0.717) is 18.6 Å². The third-order valence-electron chi connectivity index (χ3n) is 6.44. The Kier molecular flexibility index (Phi) is 8.99. The van der Waals surface area contributed by atoms with Crippen molar-refractivity contribution in [2.75, 3.05) is 17.3 Å². The normalized spacial score (nSPS) is 32.0. The van der Waals surface area contributed by atoms with Crippen LogP contribution in [0.25, 0.3) is 0 Å². The van der Waals surface area contributed by atoms with Crippen LogP contribution in [0.15, 0.2) is 0 Å². The van der Waals surface area contributed by atoms with Crippen LogP contribution >= 0.6 is 23.5 Å². The summed E-state index contributed by atoms with van der Waals surface area (Å²) in [4.78, 5) is 10.6. The van der Waals surface area contributed by atoms with Gasteiger partial charge < -0.3 is 9.84 Å². The van der Waals surface area contributed by atoms with Gasteiger partial charge >= 0.3 is 5.97 Å². The number of hydrogen-bond donors (Lipinski definition) is 1. The molecule has 2 aliphatic heterocycles. The minimum absolute atomic E-state index is 0.318. The lowest BCUT2D eigenvalue weighted by Gasteiger charge is -2.28. The number of thioether (sulfide) groups is 2. The van der Waals surface area contributed by atoms with E-state index in [4.69, 9.17) is 9.84 Å². The van der Waals surface area contributed by atoms with Gasteiger partial charge in [0, 0.05) is 11.7 Å². The number of rotatable bonds is 11. The van der Waals surface area contributed by atoms with Crippen LogP contribution in [0, 0.1) is 11.8 Å². The summed E-state index contributed by atoms with van der Waals surface area (Å²) in [5, 5.41) is 9.63. The predicted octanol–water partition coefficient (Wildman–Crippen LogP) is 5.61. The first-order valence-corrected chi connectivity index (χ1v) is 13.0. The largest absolute Gasteiger partial charge is 0.481 e. The highest BCUT2D eigenvalue weighted by Gasteiger charge is 2.47. The topological polar surface area (TPSA) is 46.5 Å². The van der Waals surface area contributed by atoms with E-state index in [9.17, 15) is 4.79 Å². The summed E-state index contributed by atoms with van der Waals surface area (Å²) in [5.41, 5.74) is 0. The van der Waals surface area contributed by atoms with E-state index < -0.39 is 5.97 Å². The molecule has 0 aromatic heterocycles. The highest BCUT2D eigenvalue weighted by Crippen LogP contribution is 2.47. The van der Waals surface area contributed by atoms with Crippen molar-refractivity contribution in [3.8, 4) is 0 Å². The van der Waals surface area contributed by atoms with Crippen LogP contribution in [0.1, 0.15) is 77.0 Å². The molecule has 0 aromatic rings. The summed E-state index contributed by atoms with van der Waals surface area (Å²) >= 11 is 4.28. The molecule has 5 heteroatoms. The molecule has 0 spiro atoms. The molecule has 2 saturated heterocycles. The van der Waals surface area contributed by atoms with Crippen LogP contribution in [-0.2, 0) is 9.53 Å². The number of aliphatic carboxylic acids is 1. The molecule has 1 aliphatic carbocycles. The highest BCUT2D eigenvalue weighted by molar-refractivity contribution is 7.99. The Balaban J connectivity index is 1.34. The summed E-state index contributed by atoms with van der Waals surface area (Å²) in [6.07, 6.45) is 15.7. The molecule has 0 radical (unpaired) electrons. The Hall–Kier alpha value is 0.130. The van der Waals surface area contributed by atoms with Gasteiger partial charge in [-0.2, -0.15) is 23.5 Å². The lowest BCUT2D eigenvalue weighted by molar-refractivity contribution is -0.137. The first-order chi connectivity index (χ1) is 12.7. The fourth-order valence-electron chi connectivity index (χ4n) is 4.98. The van der Waals surface area contributed by atoms with Gasteiger partial charge in [0.1, 0.15) is 0 Å². The van der Waals surface area contributed by atoms with Crippen molar-refractivity contribution in [2.24, 2.45) is 11.8 Å². The molecule has 0 unspecified atom stereocenters. The lowest BCUT2D eigenvalue weighted by atomic mass is 9.79. The number of hydrogen-bond acceptors (Lipinski definition) is 4. The molecule has 0 amide bonds. The molecule has 0 aromatic carbocycles. The van der Waals surface area contributed by atoms with Gasteiger partial charge in [-0.25, -0.2) is 0 Å². The maximum absolute atomic E-state index is 10.6. The number of carboxylic acids is 1. The minimum atomic E-state index is -0.664. The fraction of sp³-hybridized carbons (Fsp3) is 0.952. The average Bonchev–Trinajstić information content (AvgIpc) is 3.12. The Morgan fingerprint density at radius 3 is 2.38 bits per heavy atom. The lowest BCUT2D eigenvalue weighted by Crippen LogP contribution is -2.29. The summed E-state index contributed by atoms with van der Waals surface area (Å²) in [7, 11) is 0. The average molecular weight is 401 g/mol. The fourth-order valence-corrected chi connectivity index (χ4v) is 7.70. The Labute approximate surface area is 167 Å². The van der Waals surface area contributed by atoms with E-state index >= 15 is 0 Å². The maximum atomic E-state index is 10.6. The van der Waals surface area contributed by atoms with Gasteiger partial charge in [-0.3, -0.25) is 4.79 Å². The third kappa shape index (κ3) is 6.34. The van der Waals surface area contributed by atoms with Crippen LogP contribution in [-0.4, -0.2) is 45.8 Å². The third-order valence-corrected chi connectivity index (χ3v) is 9.05. The molecule has 3 nitrogen and oxygen atoms in total. The van der Waals surface area contributed by atoms with Gasteiger partial charge in [-0.15, -0.1) is 0 Å². The number of carbonyl (C=O) groups is 1. The SMILES string of the molecule is O=C(O)CCCCSC[C@@H]1[C@H](CCSC2CCCCCC2)[C@@H]2CC[C@H]1O2. The van der Waals surface area contributed by atoms with Crippen LogP contribution < -0.4 is 0 Å². The molecule has 3 aliphatic rings. The van der Waals surface area contributed by atoms with E-state index in [1.54, 1.807) is 0 Å². The standard InChI is InChI=1S/C21H36O3S2/c22-21(23)9-5-6-13-25-15-18-17(19-10-11-20(18)24-19)12-14-26-16-7-3-1-2-4-8-16/h16-20H,1-15H2,(H,22,23)/t17-,18+,19-,20+/m0/s1. The highest BCUT2D eigenvalue weighted by atomic mass is 32.2. The summed E-state index contributed by atoms with van der Waals surface area (Å²) in [5.74, 6) is 4.49. The van der Waals surface area contributed by atoms with Crippen molar-refractivity contribution < 1.29 is 14.6 Å². The van der Waals surface area contributed by atoms with Gasteiger partial charge in [-0.1, -0.05) is 25.7 Å². The van der Waals surface area contributed by atoms with Crippen molar-refractivity contribution in [3.63, 3.8) is 0 Å². The predicted molar refractivity (Wildman–Crippen MR) is 112 cm³/mol. The smallest absolute Gasteiger partial charge is 0.303 e. The van der Waals surface area contributed by atoms with Gasteiger partial charge in [0.15, 0.2) is 0 Å². The molecule has 3 rings (SSSR count). The molecule has 2 heterocycles. The number of unbranched alkanes of at least 4 members (excludes halogenated alkanes) is 1. The zero-order valence-electron chi connectivity index (χ0n) is 16.1. The molecule has 1 N–H and O–H groups in total. The maximum Gasteiger partial charge on any atom is 0.303 e. The number of fused-ring (bicyclic) bond motifs is 2. The van der Waals surface area contributed by atoms with Gasteiger partial charge in [-0.05, 0) is 74.0 Å². The number of carboxylic acid groups (broad SMARTS) is 1. The Morgan fingerprint density at radius 1 is 0.923 bits per heavy atom. The van der Waals surface area contributed by atoms with E-state index in [-0.39, 0.29) is 0 Å². The minimum Gasteiger partial charge on any atom is -0.481 e. The van der Waals surface area contributed by atoms with E-state index in [1.807, 2.05) is 11.8 Å². The van der Waals surface area contributed by atoms with Crippen molar-refractivity contribution >= 4 is 29.5 Å². The monoisotopic (exact) mass is 400 g/mol. The molecule has 26 heavy (non-hydrogen) atoms. The summed E-state index contributed by atoms with van der Waals surface area (Å²) in [6, 6.07) is 0. The van der Waals surface area contributed by atoms with Crippen LogP contribution in [0.3, 0.4) is 0 Å². The number of ether oxygens (including phenoxy) is 1. The second kappa shape index (κ2) is 11.2. The van der Waals surface area contributed by atoms with Crippen molar-refractivity contribution in [2.45, 2.75) is 94.5 Å². The molecular weight excluding hydrogens is 364 g/mol. The quantitative estimate of drug-likeness (QED) is 0.360. The first-order valence-electron chi connectivity index (χ1n) is 10.8. The van der Waals surface area contributed by atoms with Crippen LogP contribution in [0.4, 0.5) is 0 Å². The van der Waals surface area contributed by atoms with E-state index in [2.05, 4.69) is 11.8 Å². The summed E-state index contributed by atoms with van der Waals surface area (Å²) < 4.78 is 6.27. The molecule has 150 valence electrons. The van der Waals surface area contributed by atoms with Crippen molar-refractivity contribution in [1.29, 1.82) is 0 Å². The van der Waals surface area contributed by atoms with Gasteiger partial charge in [0.25, 0.3) is 0 Å². The molecule has 2 bridgehead atoms. The van der Waals surface area contributed by atoms with Crippen molar-refractivity contribution in [3.05, 3.63) is 0 Å². The second-order valence-corrected chi connectivity index (χ2v) is 10.9. The zero-order chi connectivity index (χ0) is 18.2. The van der Waals surface area contributed by atoms with Gasteiger partial charge in [0.2, 0.25) is 0 Å².